The third-order valence-corrected chi connectivity index (χ3v) is 3.42. The van der Waals surface area contributed by atoms with E-state index in [9.17, 15) is 5.11 Å². The summed E-state index contributed by atoms with van der Waals surface area (Å²) < 4.78 is 0. The molecule has 0 aromatic carbocycles. The Morgan fingerprint density at radius 3 is 2.75 bits per heavy atom. The fraction of sp³-hybridized carbons (Fsp3) is 0.818. The van der Waals surface area contributed by atoms with Crippen molar-refractivity contribution in [2.24, 2.45) is 5.92 Å². The number of rotatable bonds is 1. The maximum atomic E-state index is 9.17. The molecule has 12 heavy (non-hydrogen) atoms. The summed E-state index contributed by atoms with van der Waals surface area (Å²) in [7, 11) is 0. The van der Waals surface area contributed by atoms with Crippen LogP contribution in [0.15, 0.2) is 11.1 Å². The highest BCUT2D eigenvalue weighted by molar-refractivity contribution is 5.21. The molecule has 1 saturated carbocycles. The van der Waals surface area contributed by atoms with E-state index >= 15 is 0 Å². The maximum Gasteiger partial charge on any atom is 0.0644 e. The molecule has 0 bridgehead atoms. The molecule has 0 saturated heterocycles. The molecule has 0 radical (unpaired) electrons. The van der Waals surface area contributed by atoms with E-state index in [0.717, 1.165) is 5.92 Å². The van der Waals surface area contributed by atoms with Crippen LogP contribution in [0.3, 0.4) is 0 Å². The molecule has 1 heteroatoms. The van der Waals surface area contributed by atoms with Gasteiger partial charge in [-0.15, -0.1) is 0 Å². The van der Waals surface area contributed by atoms with E-state index in [-0.39, 0.29) is 0 Å². The Hall–Kier alpha value is -0.300. The minimum absolute atomic E-state index is 0.325. The topological polar surface area (TPSA) is 20.2 Å². The van der Waals surface area contributed by atoms with E-state index in [1.807, 2.05) is 0 Å². The van der Waals surface area contributed by atoms with Crippen LogP contribution in [0.4, 0.5) is 0 Å². The highest BCUT2D eigenvalue weighted by atomic mass is 16.3. The lowest BCUT2D eigenvalue weighted by molar-refractivity contribution is 0.304. The van der Waals surface area contributed by atoms with Crippen molar-refractivity contribution >= 4 is 0 Å². The molecule has 1 atom stereocenters. The number of aliphatic hydroxyl groups is 1. The van der Waals surface area contributed by atoms with Crippen molar-refractivity contribution in [1.29, 1.82) is 0 Å². The number of hydrogen-bond donors (Lipinski definition) is 1. The van der Waals surface area contributed by atoms with Crippen LogP contribution in [0, 0.1) is 5.92 Å². The Labute approximate surface area is 74.5 Å². The van der Waals surface area contributed by atoms with Gasteiger partial charge in [0.2, 0.25) is 0 Å². The lowest BCUT2D eigenvalue weighted by Gasteiger charge is -2.31. The molecule has 2 aliphatic rings. The third kappa shape index (κ3) is 1.42. The van der Waals surface area contributed by atoms with E-state index in [1.165, 1.54) is 50.5 Å². The molecule has 1 nitrogen and oxygen atoms in total. The summed E-state index contributed by atoms with van der Waals surface area (Å²) in [5, 5.41) is 9.17. The van der Waals surface area contributed by atoms with Gasteiger partial charge in [0.15, 0.2) is 0 Å². The van der Waals surface area contributed by atoms with Gasteiger partial charge in [-0.05, 0) is 50.0 Å². The molecule has 2 rings (SSSR count). The third-order valence-electron chi connectivity index (χ3n) is 3.42. The molecule has 0 heterocycles. The maximum absolute atomic E-state index is 9.17. The average molecular weight is 166 g/mol. The molecule has 1 unspecified atom stereocenters. The molecule has 68 valence electrons. The first-order valence-corrected chi connectivity index (χ1v) is 5.23. The summed E-state index contributed by atoms with van der Waals surface area (Å²) in [6.45, 7) is 0.325. The first-order valence-electron chi connectivity index (χ1n) is 5.23. The first-order chi connectivity index (χ1) is 5.92. The van der Waals surface area contributed by atoms with E-state index in [1.54, 1.807) is 5.57 Å². The predicted molar refractivity (Wildman–Crippen MR) is 49.9 cm³/mol. The standard InChI is InChI=1S/C11H18O/c12-8-10-6-3-5-9-4-1-2-7-11(9)10/h9,12H,1-8H2. The number of allylic oxidation sites excluding steroid dienone is 1. The minimum Gasteiger partial charge on any atom is -0.392 e. The average Bonchev–Trinajstić information content (AvgIpc) is 2.17. The summed E-state index contributed by atoms with van der Waals surface area (Å²) in [5.74, 6) is 0.856. The normalized spacial score (nSPS) is 30.2. The van der Waals surface area contributed by atoms with Gasteiger partial charge in [-0.3, -0.25) is 0 Å². The largest absolute Gasteiger partial charge is 0.392 e. The zero-order chi connectivity index (χ0) is 8.39. The van der Waals surface area contributed by atoms with Crippen LogP contribution in [0.5, 0.6) is 0 Å². The Kier molecular flexibility index (Phi) is 2.50. The SMILES string of the molecule is OCC1=C2CCCCC2CCC1. The predicted octanol–water partition coefficient (Wildman–Crippen LogP) is 2.65. The Balaban J connectivity index is 2.19. The van der Waals surface area contributed by atoms with Crippen molar-refractivity contribution in [3.05, 3.63) is 11.1 Å². The molecule has 0 aromatic heterocycles. The second-order valence-electron chi connectivity index (χ2n) is 4.12. The van der Waals surface area contributed by atoms with Crippen LogP contribution in [-0.2, 0) is 0 Å². The Morgan fingerprint density at radius 1 is 1.08 bits per heavy atom. The van der Waals surface area contributed by atoms with Crippen LogP contribution in [-0.4, -0.2) is 11.7 Å². The molecule has 0 amide bonds. The van der Waals surface area contributed by atoms with E-state index in [0.29, 0.717) is 6.61 Å². The smallest absolute Gasteiger partial charge is 0.0644 e. The van der Waals surface area contributed by atoms with Crippen LogP contribution >= 0.6 is 0 Å². The Bertz CT molecular complexity index is 193. The lowest BCUT2D eigenvalue weighted by Crippen LogP contribution is -2.17. The van der Waals surface area contributed by atoms with Gasteiger partial charge in [0, 0.05) is 0 Å². The van der Waals surface area contributed by atoms with Gasteiger partial charge in [0.25, 0.3) is 0 Å². The zero-order valence-corrected chi connectivity index (χ0v) is 7.68. The van der Waals surface area contributed by atoms with Crippen molar-refractivity contribution in [3.8, 4) is 0 Å². The fourth-order valence-electron chi connectivity index (χ4n) is 2.77. The van der Waals surface area contributed by atoms with Crippen molar-refractivity contribution in [1.82, 2.24) is 0 Å². The van der Waals surface area contributed by atoms with Gasteiger partial charge in [-0.2, -0.15) is 0 Å². The summed E-state index contributed by atoms with van der Waals surface area (Å²) in [4.78, 5) is 0. The minimum atomic E-state index is 0.325. The molecular weight excluding hydrogens is 148 g/mol. The van der Waals surface area contributed by atoms with Crippen LogP contribution < -0.4 is 0 Å². The summed E-state index contributed by atoms with van der Waals surface area (Å²) >= 11 is 0. The number of hydrogen-bond acceptors (Lipinski definition) is 1. The van der Waals surface area contributed by atoms with Gasteiger partial charge in [-0.25, -0.2) is 0 Å². The highest BCUT2D eigenvalue weighted by Crippen LogP contribution is 2.39. The molecule has 0 aromatic rings. The molecular formula is C11H18O. The number of aliphatic hydroxyl groups excluding tert-OH is 1. The van der Waals surface area contributed by atoms with Gasteiger partial charge in [-0.1, -0.05) is 12.0 Å². The van der Waals surface area contributed by atoms with Gasteiger partial charge < -0.3 is 5.11 Å². The number of fused-ring (bicyclic) bond motifs is 1. The first kappa shape index (κ1) is 8.31. The van der Waals surface area contributed by atoms with E-state index in [2.05, 4.69) is 0 Å². The fourth-order valence-corrected chi connectivity index (χ4v) is 2.77. The second kappa shape index (κ2) is 3.61. The van der Waals surface area contributed by atoms with Crippen molar-refractivity contribution in [2.45, 2.75) is 44.9 Å². The molecule has 1 fully saturated rings. The van der Waals surface area contributed by atoms with Crippen LogP contribution in [0.2, 0.25) is 0 Å². The van der Waals surface area contributed by atoms with Crippen molar-refractivity contribution < 1.29 is 5.11 Å². The molecule has 0 spiro atoms. The van der Waals surface area contributed by atoms with Gasteiger partial charge in [0.1, 0.15) is 0 Å². The highest BCUT2D eigenvalue weighted by Gasteiger charge is 2.24. The van der Waals surface area contributed by atoms with Gasteiger partial charge in [0.05, 0.1) is 6.61 Å². The van der Waals surface area contributed by atoms with Crippen molar-refractivity contribution in [3.63, 3.8) is 0 Å². The zero-order valence-electron chi connectivity index (χ0n) is 7.68. The van der Waals surface area contributed by atoms with Crippen LogP contribution in [0.25, 0.3) is 0 Å². The summed E-state index contributed by atoms with van der Waals surface area (Å²) in [5.41, 5.74) is 3.01. The summed E-state index contributed by atoms with van der Waals surface area (Å²) in [6.07, 6.45) is 9.30. The molecule has 0 aliphatic heterocycles. The quantitative estimate of drug-likeness (QED) is 0.594. The van der Waals surface area contributed by atoms with Crippen molar-refractivity contribution in [2.75, 3.05) is 6.61 Å². The summed E-state index contributed by atoms with van der Waals surface area (Å²) in [6, 6.07) is 0. The Morgan fingerprint density at radius 2 is 1.92 bits per heavy atom. The van der Waals surface area contributed by atoms with E-state index in [4.69, 9.17) is 0 Å². The van der Waals surface area contributed by atoms with E-state index < -0.39 is 0 Å². The van der Waals surface area contributed by atoms with Gasteiger partial charge >= 0.3 is 0 Å². The molecule has 2 aliphatic carbocycles. The monoisotopic (exact) mass is 166 g/mol. The second-order valence-corrected chi connectivity index (χ2v) is 4.12. The molecule has 1 N–H and O–H groups in total. The lowest BCUT2D eigenvalue weighted by atomic mass is 9.75. The van der Waals surface area contributed by atoms with Crippen LogP contribution in [0.1, 0.15) is 44.9 Å².